The summed E-state index contributed by atoms with van der Waals surface area (Å²) in [5.41, 5.74) is 2.55. The minimum atomic E-state index is -4.49. The van der Waals surface area contributed by atoms with E-state index in [1.165, 1.54) is 12.1 Å². The minimum Gasteiger partial charge on any atom is -0.475 e. The van der Waals surface area contributed by atoms with Crippen LogP contribution in [-0.4, -0.2) is 79.2 Å². The van der Waals surface area contributed by atoms with Crippen LogP contribution in [0, 0.1) is 18.3 Å². The van der Waals surface area contributed by atoms with E-state index in [-0.39, 0.29) is 36.1 Å². The number of fused-ring (bicyclic) bond motifs is 1. The first-order valence-corrected chi connectivity index (χ1v) is 14.4. The average Bonchev–Trinajstić information content (AvgIpc) is 3.38. The summed E-state index contributed by atoms with van der Waals surface area (Å²) < 4.78 is 48.4. The van der Waals surface area contributed by atoms with Crippen molar-refractivity contribution in [1.29, 1.82) is 5.26 Å². The van der Waals surface area contributed by atoms with E-state index in [2.05, 4.69) is 22.4 Å². The molecule has 3 aliphatic heterocycles. The topological polar surface area (TPSA) is 75.9 Å². The van der Waals surface area contributed by atoms with Crippen LogP contribution in [-0.2, 0) is 23.9 Å². The highest BCUT2D eigenvalue weighted by Crippen LogP contribution is 2.42. The number of anilines is 2. The number of likely N-dealkylation sites (tertiary alicyclic amines) is 1. The lowest BCUT2D eigenvalue weighted by molar-refractivity contribution is -0.137. The van der Waals surface area contributed by atoms with Crippen molar-refractivity contribution in [1.82, 2.24) is 14.8 Å². The lowest BCUT2D eigenvalue weighted by atomic mass is 9.96. The normalized spacial score (nSPS) is 21.2. The van der Waals surface area contributed by atoms with Gasteiger partial charge in [0.15, 0.2) is 0 Å². The number of halogens is 3. The van der Waals surface area contributed by atoms with Crippen molar-refractivity contribution in [2.24, 2.45) is 0 Å². The molecule has 42 heavy (non-hydrogen) atoms. The first kappa shape index (κ1) is 29.7. The van der Waals surface area contributed by atoms with Crippen LogP contribution in [0.25, 0.3) is 0 Å². The van der Waals surface area contributed by atoms with Crippen molar-refractivity contribution in [2.45, 2.75) is 57.9 Å². The second kappa shape index (κ2) is 11.8. The first-order chi connectivity index (χ1) is 20.0. The number of ether oxygens (including phenoxy) is 1. The van der Waals surface area contributed by atoms with Crippen LogP contribution in [0.5, 0.6) is 5.88 Å². The summed E-state index contributed by atoms with van der Waals surface area (Å²) in [6.45, 7) is 10.6. The highest BCUT2D eigenvalue weighted by molar-refractivity contribution is 5.87. The SMILES string of the molecule is C=CC(=O)N1CCN(c2c(C#N)c(OC[C@@H]3CCCN3C)nc3c2CCN(c2c(C)cccc2C(F)(F)F)C3)C[C@H]1C. The van der Waals surface area contributed by atoms with Crippen LogP contribution < -0.4 is 14.5 Å². The van der Waals surface area contributed by atoms with Crippen LogP contribution in [0.1, 0.15) is 47.7 Å². The molecule has 2 fully saturated rings. The predicted octanol–water partition coefficient (Wildman–Crippen LogP) is 4.54. The van der Waals surface area contributed by atoms with E-state index in [1.807, 2.05) is 14.0 Å². The summed E-state index contributed by atoms with van der Waals surface area (Å²) in [6, 6.07) is 6.65. The predicted molar refractivity (Wildman–Crippen MR) is 155 cm³/mol. The number of para-hydroxylation sites is 1. The maximum atomic E-state index is 14.0. The van der Waals surface area contributed by atoms with Gasteiger partial charge < -0.3 is 24.3 Å². The number of piperazine rings is 1. The Bertz CT molecular complexity index is 1400. The number of aromatic nitrogens is 1. The van der Waals surface area contributed by atoms with Crippen LogP contribution in [0.15, 0.2) is 30.9 Å². The van der Waals surface area contributed by atoms with Crippen LogP contribution in [0.2, 0.25) is 0 Å². The van der Waals surface area contributed by atoms with E-state index in [0.717, 1.165) is 36.7 Å². The third-order valence-corrected chi connectivity index (χ3v) is 8.75. The standard InChI is InChI=1S/C31H37F3N6O2/c1-5-27(41)40-15-14-39(17-21(40)3)29-23-11-13-38(28-20(2)8-6-10-25(28)31(32,33)34)18-26(23)36-30(24(29)16-35)42-19-22-9-7-12-37(22)4/h5-6,8,10,21-22H,1,7,9,11-15,17-19H2,2-4H3/t21-,22+/m1/s1. The molecule has 1 aromatic heterocycles. The number of rotatable bonds is 6. The van der Waals surface area contributed by atoms with Crippen LogP contribution >= 0.6 is 0 Å². The number of aryl methyl sites for hydroxylation is 1. The Hall–Kier alpha value is -3.78. The number of amides is 1. The quantitative estimate of drug-likeness (QED) is 0.463. The molecular weight excluding hydrogens is 545 g/mol. The van der Waals surface area contributed by atoms with Crippen molar-refractivity contribution in [2.75, 3.05) is 56.2 Å². The Morgan fingerprint density at radius 3 is 2.64 bits per heavy atom. The molecule has 0 aliphatic carbocycles. The van der Waals surface area contributed by atoms with Crippen molar-refractivity contribution < 1.29 is 22.7 Å². The minimum absolute atomic E-state index is 0.127. The summed E-state index contributed by atoms with van der Waals surface area (Å²) in [6.07, 6.45) is -0.719. The molecule has 0 bridgehead atoms. The number of pyridine rings is 1. The number of alkyl halides is 3. The largest absolute Gasteiger partial charge is 0.475 e. The number of benzene rings is 1. The summed E-state index contributed by atoms with van der Waals surface area (Å²) in [7, 11) is 2.04. The molecule has 3 aliphatic rings. The van der Waals surface area contributed by atoms with Gasteiger partial charge in [-0.15, -0.1) is 0 Å². The molecule has 1 aromatic carbocycles. The van der Waals surface area contributed by atoms with Gasteiger partial charge in [-0.2, -0.15) is 18.4 Å². The van der Waals surface area contributed by atoms with E-state index in [1.54, 1.807) is 22.8 Å². The first-order valence-electron chi connectivity index (χ1n) is 14.4. The molecule has 2 saturated heterocycles. The van der Waals surface area contributed by atoms with Gasteiger partial charge in [-0.05, 0) is 64.4 Å². The van der Waals surface area contributed by atoms with E-state index >= 15 is 0 Å². The summed E-state index contributed by atoms with van der Waals surface area (Å²) in [5, 5.41) is 10.4. The van der Waals surface area contributed by atoms with Gasteiger partial charge in [-0.3, -0.25) is 4.79 Å². The molecule has 11 heteroatoms. The Morgan fingerprint density at radius 2 is 2.00 bits per heavy atom. The number of likely N-dealkylation sites (N-methyl/N-ethyl adjacent to an activating group) is 1. The number of hydrogen-bond donors (Lipinski definition) is 0. The zero-order valence-electron chi connectivity index (χ0n) is 24.4. The molecule has 2 aromatic rings. The lowest BCUT2D eigenvalue weighted by Crippen LogP contribution is -2.54. The molecule has 4 heterocycles. The molecule has 1 amide bonds. The lowest BCUT2D eigenvalue weighted by Gasteiger charge is -2.43. The van der Waals surface area contributed by atoms with Crippen LogP contribution in [0.4, 0.5) is 24.5 Å². The number of nitrogens with zero attached hydrogens (tertiary/aromatic N) is 6. The zero-order chi connectivity index (χ0) is 30.2. The second-order valence-electron chi connectivity index (χ2n) is 11.4. The van der Waals surface area contributed by atoms with E-state index in [4.69, 9.17) is 9.72 Å². The summed E-state index contributed by atoms with van der Waals surface area (Å²) >= 11 is 0. The van der Waals surface area contributed by atoms with Gasteiger partial charge in [0.2, 0.25) is 11.8 Å². The maximum absolute atomic E-state index is 14.0. The molecular formula is C31H37F3N6O2. The molecule has 0 radical (unpaired) electrons. The van der Waals surface area contributed by atoms with Gasteiger partial charge in [0.1, 0.15) is 18.2 Å². The Morgan fingerprint density at radius 1 is 1.21 bits per heavy atom. The number of hydrogen-bond acceptors (Lipinski definition) is 7. The molecule has 0 unspecified atom stereocenters. The van der Waals surface area contributed by atoms with Crippen molar-refractivity contribution in [3.63, 3.8) is 0 Å². The third kappa shape index (κ3) is 5.64. The highest BCUT2D eigenvalue weighted by atomic mass is 19.4. The summed E-state index contributed by atoms with van der Waals surface area (Å²) in [4.78, 5) is 25.0. The molecule has 224 valence electrons. The monoisotopic (exact) mass is 582 g/mol. The smallest absolute Gasteiger partial charge is 0.418 e. The number of carbonyl (C=O) groups excluding carboxylic acids is 1. The zero-order valence-corrected chi connectivity index (χ0v) is 24.4. The van der Waals surface area contributed by atoms with Crippen molar-refractivity contribution in [3.8, 4) is 11.9 Å². The fraction of sp³-hybridized carbons (Fsp3) is 0.516. The third-order valence-electron chi connectivity index (χ3n) is 8.75. The highest BCUT2D eigenvalue weighted by Gasteiger charge is 2.38. The van der Waals surface area contributed by atoms with Gasteiger partial charge in [-0.1, -0.05) is 18.7 Å². The van der Waals surface area contributed by atoms with Gasteiger partial charge in [0.25, 0.3) is 0 Å². The van der Waals surface area contributed by atoms with Crippen molar-refractivity contribution in [3.05, 3.63) is 58.8 Å². The molecule has 8 nitrogen and oxygen atoms in total. The second-order valence-corrected chi connectivity index (χ2v) is 11.4. The number of carbonyl (C=O) groups is 1. The van der Waals surface area contributed by atoms with Crippen LogP contribution in [0.3, 0.4) is 0 Å². The van der Waals surface area contributed by atoms with Gasteiger partial charge in [0, 0.05) is 43.8 Å². The van der Waals surface area contributed by atoms with E-state index in [9.17, 15) is 23.2 Å². The molecule has 0 spiro atoms. The molecule has 2 atom stereocenters. The fourth-order valence-electron chi connectivity index (χ4n) is 6.56. The maximum Gasteiger partial charge on any atom is 0.418 e. The average molecular weight is 583 g/mol. The number of nitriles is 1. The Balaban J connectivity index is 1.55. The molecule has 0 N–H and O–H groups in total. The molecule has 0 saturated carbocycles. The van der Waals surface area contributed by atoms with Gasteiger partial charge >= 0.3 is 6.18 Å². The van der Waals surface area contributed by atoms with E-state index in [0.29, 0.717) is 56.0 Å². The molecule has 5 rings (SSSR count). The van der Waals surface area contributed by atoms with Crippen molar-refractivity contribution >= 4 is 17.3 Å². The Kier molecular flexibility index (Phi) is 8.37. The summed E-state index contributed by atoms with van der Waals surface area (Å²) in [5.74, 6) is 0.0740. The van der Waals surface area contributed by atoms with E-state index < -0.39 is 11.7 Å². The Labute approximate surface area is 245 Å². The fourth-order valence-corrected chi connectivity index (χ4v) is 6.56. The van der Waals surface area contributed by atoms with Gasteiger partial charge in [-0.25, -0.2) is 4.98 Å². The van der Waals surface area contributed by atoms with Gasteiger partial charge in [0.05, 0.1) is 29.2 Å².